The first-order chi connectivity index (χ1) is 17.7. The molecule has 2 aromatic carbocycles. The number of benzene rings is 2. The van der Waals surface area contributed by atoms with Gasteiger partial charge >= 0.3 is 6.09 Å². The van der Waals surface area contributed by atoms with E-state index in [2.05, 4.69) is 16.0 Å². The average Bonchev–Trinajstić information content (AvgIpc) is 3.27. The predicted octanol–water partition coefficient (Wildman–Crippen LogP) is 3.77. The van der Waals surface area contributed by atoms with Crippen LogP contribution in [0.4, 0.5) is 4.79 Å². The lowest BCUT2D eigenvalue weighted by Gasteiger charge is -2.25. The van der Waals surface area contributed by atoms with Crippen LogP contribution in [0.3, 0.4) is 0 Å². The zero-order chi connectivity index (χ0) is 26.8. The van der Waals surface area contributed by atoms with E-state index in [1.54, 1.807) is 6.07 Å². The second-order valence-electron chi connectivity index (χ2n) is 9.87. The molecule has 8 nitrogen and oxygen atoms in total. The number of carbonyl (C=O) groups excluding carboxylic acids is 3. The lowest BCUT2D eigenvalue weighted by molar-refractivity contribution is -0.126. The first-order valence-corrected chi connectivity index (χ1v) is 13.1. The van der Waals surface area contributed by atoms with Gasteiger partial charge in [-0.1, -0.05) is 67.9 Å². The van der Waals surface area contributed by atoms with E-state index in [-0.39, 0.29) is 24.3 Å². The zero-order valence-electron chi connectivity index (χ0n) is 21.3. The van der Waals surface area contributed by atoms with E-state index in [0.29, 0.717) is 37.3 Å². The second kappa shape index (κ2) is 14.0. The Morgan fingerprint density at radius 3 is 2.51 bits per heavy atom. The van der Waals surface area contributed by atoms with Gasteiger partial charge in [0.25, 0.3) is 0 Å². The number of halogens is 1. The van der Waals surface area contributed by atoms with Crippen LogP contribution >= 0.6 is 11.6 Å². The average molecular weight is 530 g/mol. The summed E-state index contributed by atoms with van der Waals surface area (Å²) in [6.45, 7) is 4.19. The van der Waals surface area contributed by atoms with E-state index in [1.807, 2.05) is 62.4 Å². The summed E-state index contributed by atoms with van der Waals surface area (Å²) in [6.07, 6.45) is 0.491. The maximum Gasteiger partial charge on any atom is 0.408 e. The smallest absolute Gasteiger partial charge is 0.408 e. The third kappa shape index (κ3) is 9.05. The Kier molecular flexibility index (Phi) is 10.8. The minimum absolute atomic E-state index is 0.0696. The molecular formula is C28H36ClN3O5. The minimum Gasteiger partial charge on any atom is -0.441 e. The number of nitrogens with one attached hydrogen (secondary N) is 3. The van der Waals surface area contributed by atoms with Crippen molar-refractivity contribution in [2.75, 3.05) is 13.2 Å². The first-order valence-electron chi connectivity index (χ1n) is 12.7. The Hall–Kier alpha value is -3.10. The second-order valence-corrected chi connectivity index (χ2v) is 10.3. The van der Waals surface area contributed by atoms with Crippen LogP contribution in [0.25, 0.3) is 0 Å². The largest absolute Gasteiger partial charge is 0.441 e. The van der Waals surface area contributed by atoms with Crippen molar-refractivity contribution in [3.8, 4) is 0 Å². The molecule has 0 bridgehead atoms. The van der Waals surface area contributed by atoms with Crippen molar-refractivity contribution in [3.05, 3.63) is 70.7 Å². The fourth-order valence-electron chi connectivity index (χ4n) is 4.48. The van der Waals surface area contributed by atoms with E-state index < -0.39 is 30.2 Å². The number of carbonyl (C=O) groups is 3. The molecule has 0 saturated carbocycles. The fraction of sp³-hybridized carbons (Fsp3) is 0.464. The standard InChI is InChI=1S/C28H36ClN3O5/c1-18(2)13-24(27(35)31-23(17-33)16-21-11-12-30-26(21)34)32-28(36)37-25(20-8-4-3-5-9-20)15-19-7-6-10-22(29)14-19/h3-10,14,18,21,23-25,33H,11-13,15-17H2,1-2H3,(H,30,34)(H,31,35)(H,32,36)/t21-,23?,24?,25?/m0/s1. The summed E-state index contributed by atoms with van der Waals surface area (Å²) in [5.74, 6) is -0.633. The summed E-state index contributed by atoms with van der Waals surface area (Å²) in [7, 11) is 0. The number of hydrogen-bond donors (Lipinski definition) is 4. The Bertz CT molecular complexity index is 1050. The molecule has 1 saturated heterocycles. The third-order valence-electron chi connectivity index (χ3n) is 6.35. The van der Waals surface area contributed by atoms with Crippen LogP contribution in [-0.4, -0.2) is 48.2 Å². The van der Waals surface area contributed by atoms with Gasteiger partial charge in [0.2, 0.25) is 11.8 Å². The van der Waals surface area contributed by atoms with Crippen molar-refractivity contribution < 1.29 is 24.2 Å². The van der Waals surface area contributed by atoms with Crippen LogP contribution in [-0.2, 0) is 20.7 Å². The van der Waals surface area contributed by atoms with Gasteiger partial charge < -0.3 is 25.8 Å². The quantitative estimate of drug-likeness (QED) is 0.334. The number of aliphatic hydroxyl groups excluding tert-OH is 1. The number of amides is 3. The van der Waals surface area contributed by atoms with Gasteiger partial charge in [-0.3, -0.25) is 9.59 Å². The first kappa shape index (κ1) is 28.5. The molecule has 0 aliphatic carbocycles. The molecule has 3 amide bonds. The van der Waals surface area contributed by atoms with Crippen molar-refractivity contribution in [1.82, 2.24) is 16.0 Å². The van der Waals surface area contributed by atoms with Crippen LogP contribution in [0.5, 0.6) is 0 Å². The third-order valence-corrected chi connectivity index (χ3v) is 6.58. The molecule has 0 spiro atoms. The fourth-order valence-corrected chi connectivity index (χ4v) is 4.69. The van der Waals surface area contributed by atoms with Crippen molar-refractivity contribution in [2.45, 2.75) is 57.7 Å². The van der Waals surface area contributed by atoms with Gasteiger partial charge in [0.15, 0.2) is 0 Å². The van der Waals surface area contributed by atoms with Crippen LogP contribution in [0.2, 0.25) is 5.02 Å². The molecule has 1 aliphatic rings. The van der Waals surface area contributed by atoms with Gasteiger partial charge in [-0.2, -0.15) is 0 Å². The highest BCUT2D eigenvalue weighted by atomic mass is 35.5. The molecule has 1 fully saturated rings. The highest BCUT2D eigenvalue weighted by Crippen LogP contribution is 2.24. The summed E-state index contributed by atoms with van der Waals surface area (Å²) >= 11 is 6.14. The topological polar surface area (TPSA) is 117 Å². The van der Waals surface area contributed by atoms with Crippen molar-refractivity contribution in [3.63, 3.8) is 0 Å². The Morgan fingerprint density at radius 1 is 1.14 bits per heavy atom. The molecule has 3 unspecified atom stereocenters. The monoisotopic (exact) mass is 529 g/mol. The number of alkyl carbamates (subject to hydrolysis) is 1. The number of hydrogen-bond acceptors (Lipinski definition) is 5. The summed E-state index contributed by atoms with van der Waals surface area (Å²) in [5.41, 5.74) is 1.73. The van der Waals surface area contributed by atoms with Crippen molar-refractivity contribution in [2.24, 2.45) is 11.8 Å². The van der Waals surface area contributed by atoms with E-state index in [4.69, 9.17) is 16.3 Å². The number of ether oxygens (including phenoxy) is 1. The minimum atomic E-state index is -0.860. The highest BCUT2D eigenvalue weighted by molar-refractivity contribution is 6.30. The molecular weight excluding hydrogens is 494 g/mol. The molecule has 0 radical (unpaired) electrons. The normalized spacial score (nSPS) is 17.5. The maximum atomic E-state index is 13.1. The lowest BCUT2D eigenvalue weighted by atomic mass is 9.97. The molecule has 200 valence electrons. The van der Waals surface area contributed by atoms with Crippen molar-refractivity contribution in [1.29, 1.82) is 0 Å². The number of rotatable bonds is 12. The molecule has 1 heterocycles. The van der Waals surface area contributed by atoms with Crippen LogP contribution in [0.15, 0.2) is 54.6 Å². The summed E-state index contributed by atoms with van der Waals surface area (Å²) in [5, 5.41) is 18.7. The summed E-state index contributed by atoms with van der Waals surface area (Å²) < 4.78 is 5.82. The van der Waals surface area contributed by atoms with Crippen molar-refractivity contribution >= 4 is 29.5 Å². The molecule has 2 aromatic rings. The molecule has 0 aromatic heterocycles. The molecule has 37 heavy (non-hydrogen) atoms. The van der Waals surface area contributed by atoms with Gasteiger partial charge in [0.05, 0.1) is 12.6 Å². The molecule has 1 aliphatic heterocycles. The van der Waals surface area contributed by atoms with Crippen LogP contribution in [0, 0.1) is 11.8 Å². The SMILES string of the molecule is CC(C)CC(NC(=O)OC(Cc1cccc(Cl)c1)c1ccccc1)C(=O)NC(CO)C[C@@H]1CCNC1=O. The van der Waals surface area contributed by atoms with E-state index in [0.717, 1.165) is 11.1 Å². The van der Waals surface area contributed by atoms with E-state index in [9.17, 15) is 19.5 Å². The van der Waals surface area contributed by atoms with Gasteiger partial charge in [-0.15, -0.1) is 0 Å². The summed E-state index contributed by atoms with van der Waals surface area (Å²) in [4.78, 5) is 38.1. The Labute approximate surface area is 223 Å². The zero-order valence-corrected chi connectivity index (χ0v) is 22.0. The van der Waals surface area contributed by atoms with Crippen LogP contribution in [0.1, 0.15) is 50.3 Å². The lowest BCUT2D eigenvalue weighted by Crippen LogP contribution is -2.51. The Morgan fingerprint density at radius 2 is 1.89 bits per heavy atom. The summed E-state index contributed by atoms with van der Waals surface area (Å²) in [6, 6.07) is 15.3. The highest BCUT2D eigenvalue weighted by Gasteiger charge is 2.30. The van der Waals surface area contributed by atoms with E-state index >= 15 is 0 Å². The predicted molar refractivity (Wildman–Crippen MR) is 142 cm³/mol. The van der Waals surface area contributed by atoms with Gasteiger partial charge in [0, 0.05) is 23.9 Å². The van der Waals surface area contributed by atoms with E-state index in [1.165, 1.54) is 0 Å². The Balaban J connectivity index is 1.68. The van der Waals surface area contributed by atoms with Gasteiger partial charge in [-0.25, -0.2) is 4.79 Å². The number of aliphatic hydroxyl groups is 1. The van der Waals surface area contributed by atoms with Crippen LogP contribution < -0.4 is 16.0 Å². The van der Waals surface area contributed by atoms with Gasteiger partial charge in [0.1, 0.15) is 12.1 Å². The molecule has 3 rings (SSSR count). The molecule has 4 atom stereocenters. The van der Waals surface area contributed by atoms with Gasteiger partial charge in [-0.05, 0) is 48.4 Å². The molecule has 4 N–H and O–H groups in total. The molecule has 9 heteroatoms. The maximum absolute atomic E-state index is 13.1.